The number of anilines is 1. The van der Waals surface area contributed by atoms with Crippen molar-refractivity contribution in [2.75, 3.05) is 24.6 Å². The Hall–Kier alpha value is -1.88. The Morgan fingerprint density at radius 3 is 2.74 bits per heavy atom. The molecule has 23 heavy (non-hydrogen) atoms. The lowest BCUT2D eigenvalue weighted by Crippen LogP contribution is -2.36. The van der Waals surface area contributed by atoms with Crippen LogP contribution in [0.15, 0.2) is 24.4 Å². The van der Waals surface area contributed by atoms with Gasteiger partial charge in [-0.2, -0.15) is 0 Å². The van der Waals surface area contributed by atoms with E-state index in [-0.39, 0.29) is 0 Å². The summed E-state index contributed by atoms with van der Waals surface area (Å²) in [5.41, 5.74) is 1.02. The number of hydrogen-bond donors (Lipinski definition) is 0. The fourth-order valence-corrected chi connectivity index (χ4v) is 3.04. The van der Waals surface area contributed by atoms with Crippen molar-refractivity contribution in [2.24, 2.45) is 5.92 Å². The Morgan fingerprint density at radius 2 is 2.04 bits per heavy atom. The van der Waals surface area contributed by atoms with Gasteiger partial charge in [0.25, 0.3) is 0 Å². The largest absolute Gasteiger partial charge is 0.476 e. The molecule has 0 aliphatic carbocycles. The minimum absolute atomic E-state index is 0.522. The van der Waals surface area contributed by atoms with Gasteiger partial charge in [0.2, 0.25) is 5.88 Å². The third-order valence-corrected chi connectivity index (χ3v) is 4.36. The van der Waals surface area contributed by atoms with E-state index in [9.17, 15) is 0 Å². The van der Waals surface area contributed by atoms with Crippen molar-refractivity contribution in [3.8, 4) is 5.88 Å². The number of aryl methyl sites for hydroxylation is 2. The third kappa shape index (κ3) is 4.10. The van der Waals surface area contributed by atoms with Gasteiger partial charge in [-0.3, -0.25) is 0 Å². The van der Waals surface area contributed by atoms with Crippen LogP contribution >= 0.6 is 11.6 Å². The van der Waals surface area contributed by atoms with Crippen LogP contribution in [0.5, 0.6) is 5.88 Å². The van der Waals surface area contributed by atoms with Crippen LogP contribution in [0.3, 0.4) is 0 Å². The summed E-state index contributed by atoms with van der Waals surface area (Å²) >= 11 is 6.06. The van der Waals surface area contributed by atoms with E-state index in [1.807, 2.05) is 13.8 Å². The van der Waals surface area contributed by atoms with Gasteiger partial charge in [-0.05, 0) is 44.7 Å². The number of nitrogens with zero attached hydrogens (tertiary/aromatic N) is 4. The van der Waals surface area contributed by atoms with Crippen molar-refractivity contribution >= 4 is 17.4 Å². The first-order valence-corrected chi connectivity index (χ1v) is 8.30. The van der Waals surface area contributed by atoms with Gasteiger partial charge in [-0.15, -0.1) is 0 Å². The zero-order valence-corrected chi connectivity index (χ0v) is 14.3. The van der Waals surface area contributed by atoms with E-state index >= 15 is 0 Å². The van der Waals surface area contributed by atoms with E-state index in [1.165, 1.54) is 0 Å². The number of rotatable bonds is 4. The summed E-state index contributed by atoms with van der Waals surface area (Å²) in [7, 11) is 0. The Labute approximate surface area is 141 Å². The molecule has 1 fully saturated rings. The number of pyridine rings is 1. The van der Waals surface area contributed by atoms with Crippen LogP contribution < -0.4 is 9.64 Å². The normalized spacial score (nSPS) is 15.7. The summed E-state index contributed by atoms with van der Waals surface area (Å²) in [6.07, 6.45) is 3.85. The van der Waals surface area contributed by atoms with Crippen LogP contribution in [-0.2, 0) is 0 Å². The first-order chi connectivity index (χ1) is 11.1. The van der Waals surface area contributed by atoms with Crippen LogP contribution in [-0.4, -0.2) is 34.6 Å². The van der Waals surface area contributed by atoms with Crippen LogP contribution in [0.4, 0.5) is 5.82 Å². The quantitative estimate of drug-likeness (QED) is 0.858. The topological polar surface area (TPSA) is 51.1 Å². The predicted octanol–water partition coefficient (Wildman–Crippen LogP) is 3.44. The van der Waals surface area contributed by atoms with Gasteiger partial charge in [-0.1, -0.05) is 11.6 Å². The average molecular weight is 333 g/mol. The summed E-state index contributed by atoms with van der Waals surface area (Å²) < 4.78 is 5.77. The van der Waals surface area contributed by atoms with Crippen molar-refractivity contribution in [3.05, 3.63) is 40.9 Å². The van der Waals surface area contributed by atoms with Crippen molar-refractivity contribution in [1.82, 2.24) is 15.0 Å². The SMILES string of the molecule is Cc1cc(N2CCC(COc3ncccc3Cl)CC2)nc(C)n1. The van der Waals surface area contributed by atoms with Crippen LogP contribution in [0.1, 0.15) is 24.4 Å². The first-order valence-electron chi connectivity index (χ1n) is 7.92. The second-order valence-corrected chi connectivity index (χ2v) is 6.35. The molecular weight excluding hydrogens is 312 g/mol. The van der Waals surface area contributed by atoms with Crippen molar-refractivity contribution < 1.29 is 4.74 Å². The van der Waals surface area contributed by atoms with Gasteiger partial charge >= 0.3 is 0 Å². The summed E-state index contributed by atoms with van der Waals surface area (Å²) in [6.45, 7) is 6.58. The van der Waals surface area contributed by atoms with Crippen LogP contribution in [0.25, 0.3) is 0 Å². The number of hydrogen-bond acceptors (Lipinski definition) is 5. The highest BCUT2D eigenvalue weighted by molar-refractivity contribution is 6.31. The first kappa shape index (κ1) is 16.0. The maximum Gasteiger partial charge on any atom is 0.232 e. The predicted molar refractivity (Wildman–Crippen MR) is 91.2 cm³/mol. The van der Waals surface area contributed by atoms with E-state index < -0.39 is 0 Å². The highest BCUT2D eigenvalue weighted by Crippen LogP contribution is 2.25. The molecular formula is C17H21ClN4O. The molecule has 0 spiro atoms. The second kappa shape index (κ2) is 7.13. The second-order valence-electron chi connectivity index (χ2n) is 5.95. The third-order valence-electron chi connectivity index (χ3n) is 4.07. The summed E-state index contributed by atoms with van der Waals surface area (Å²) in [6, 6.07) is 5.66. The summed E-state index contributed by atoms with van der Waals surface area (Å²) in [4.78, 5) is 15.4. The number of halogens is 1. The molecule has 1 aliphatic heterocycles. The van der Waals surface area contributed by atoms with Crippen LogP contribution in [0, 0.1) is 19.8 Å². The molecule has 0 aromatic carbocycles. The number of piperidine rings is 1. The molecule has 0 saturated carbocycles. The van der Waals surface area contributed by atoms with E-state index in [2.05, 4.69) is 25.9 Å². The highest BCUT2D eigenvalue weighted by Gasteiger charge is 2.21. The molecule has 0 N–H and O–H groups in total. The molecule has 5 nitrogen and oxygen atoms in total. The molecule has 1 saturated heterocycles. The molecule has 6 heteroatoms. The Morgan fingerprint density at radius 1 is 1.26 bits per heavy atom. The number of ether oxygens (including phenoxy) is 1. The molecule has 122 valence electrons. The van der Waals surface area contributed by atoms with E-state index in [4.69, 9.17) is 16.3 Å². The van der Waals surface area contributed by atoms with Crippen molar-refractivity contribution in [3.63, 3.8) is 0 Å². The molecule has 0 radical (unpaired) electrons. The monoisotopic (exact) mass is 332 g/mol. The lowest BCUT2D eigenvalue weighted by molar-refractivity contribution is 0.216. The zero-order chi connectivity index (χ0) is 16.2. The maximum atomic E-state index is 6.06. The van der Waals surface area contributed by atoms with E-state index in [0.29, 0.717) is 23.4 Å². The fraction of sp³-hybridized carbons (Fsp3) is 0.471. The highest BCUT2D eigenvalue weighted by atomic mass is 35.5. The van der Waals surface area contributed by atoms with Crippen molar-refractivity contribution in [1.29, 1.82) is 0 Å². The smallest absolute Gasteiger partial charge is 0.232 e. The fourth-order valence-electron chi connectivity index (χ4n) is 2.86. The number of aromatic nitrogens is 3. The molecule has 3 rings (SSSR count). The molecule has 0 unspecified atom stereocenters. The Bertz CT molecular complexity index is 651. The Balaban J connectivity index is 1.53. The van der Waals surface area contributed by atoms with Gasteiger partial charge in [0.15, 0.2) is 0 Å². The minimum atomic E-state index is 0.522. The minimum Gasteiger partial charge on any atom is -0.476 e. The summed E-state index contributed by atoms with van der Waals surface area (Å²) in [5.74, 6) is 2.91. The van der Waals surface area contributed by atoms with Gasteiger partial charge in [-0.25, -0.2) is 15.0 Å². The average Bonchev–Trinajstić information content (AvgIpc) is 2.54. The molecule has 1 aliphatic rings. The molecule has 0 atom stereocenters. The molecule has 3 heterocycles. The van der Waals surface area contributed by atoms with E-state index in [0.717, 1.165) is 43.3 Å². The molecule has 2 aromatic rings. The zero-order valence-electron chi connectivity index (χ0n) is 13.5. The van der Waals surface area contributed by atoms with Crippen molar-refractivity contribution in [2.45, 2.75) is 26.7 Å². The maximum absolute atomic E-state index is 6.06. The molecule has 0 bridgehead atoms. The molecule has 2 aromatic heterocycles. The molecule has 0 amide bonds. The lowest BCUT2D eigenvalue weighted by atomic mass is 9.98. The van der Waals surface area contributed by atoms with Gasteiger partial charge in [0.1, 0.15) is 16.7 Å². The van der Waals surface area contributed by atoms with E-state index in [1.54, 1.807) is 18.3 Å². The standard InChI is InChI=1S/C17H21ClN4O/c1-12-10-16(21-13(2)20-12)22-8-5-14(6-9-22)11-23-17-15(18)4-3-7-19-17/h3-4,7,10,14H,5-6,8-9,11H2,1-2H3. The Kier molecular flexibility index (Phi) is 4.96. The lowest BCUT2D eigenvalue weighted by Gasteiger charge is -2.32. The summed E-state index contributed by atoms with van der Waals surface area (Å²) in [5, 5.41) is 0.567. The van der Waals surface area contributed by atoms with Gasteiger partial charge < -0.3 is 9.64 Å². The van der Waals surface area contributed by atoms with Crippen LogP contribution in [0.2, 0.25) is 5.02 Å². The van der Waals surface area contributed by atoms with Gasteiger partial charge in [0.05, 0.1) is 6.61 Å². The van der Waals surface area contributed by atoms with Gasteiger partial charge in [0, 0.05) is 31.0 Å².